The molecule has 0 saturated carbocycles. The van der Waals surface area contributed by atoms with Crippen molar-refractivity contribution in [2.75, 3.05) is 11.9 Å². The molecule has 3 aromatic rings. The summed E-state index contributed by atoms with van der Waals surface area (Å²) >= 11 is 0. The van der Waals surface area contributed by atoms with Crippen LogP contribution in [0.15, 0.2) is 103 Å². The Hall–Kier alpha value is -4.03. The molecule has 1 fully saturated rings. The van der Waals surface area contributed by atoms with Crippen LogP contribution in [0.1, 0.15) is 61.6 Å². The lowest BCUT2D eigenvalue weighted by molar-refractivity contribution is -0.138. The summed E-state index contributed by atoms with van der Waals surface area (Å²) in [4.78, 5) is 32.9. The Morgan fingerprint density at radius 3 is 2.40 bits per heavy atom. The molecule has 3 aromatic carbocycles. The molecule has 1 saturated heterocycles. The molecule has 6 heteroatoms. The minimum Gasteiger partial charge on any atom is -0.480 e. The van der Waals surface area contributed by atoms with Crippen LogP contribution in [0.5, 0.6) is 0 Å². The normalized spacial score (nSPS) is 16.4. The summed E-state index contributed by atoms with van der Waals surface area (Å²) in [6.07, 6.45) is 7.72. The van der Waals surface area contributed by atoms with E-state index in [2.05, 4.69) is 28.9 Å². The van der Waals surface area contributed by atoms with E-state index < -0.39 is 12.0 Å². The lowest BCUT2D eigenvalue weighted by Gasteiger charge is -2.24. The van der Waals surface area contributed by atoms with Crippen LogP contribution >= 0.6 is 0 Å². The van der Waals surface area contributed by atoms with Gasteiger partial charge in [-0.1, -0.05) is 97.8 Å². The molecule has 1 amide bonds. The number of benzene rings is 3. The highest BCUT2D eigenvalue weighted by Gasteiger charge is 2.31. The number of rotatable bonds is 14. The third-order valence-electron chi connectivity index (χ3n) is 7.34. The third-order valence-corrected chi connectivity index (χ3v) is 7.34. The standard InChI is InChI=1S/C34H39N3O3/c1-2-3-4-5-12-22-30(34(39)40)35-32(27-18-10-7-11-19-27)28-20-13-14-21-29(28)36-33(38)31-23-15-24-37(31)25-26-16-8-6-9-17-26/h2,6-11,13-14,16-21,30-31H,1,3-5,12,15,22-25H2,(H,36,38)(H,39,40)/t30-,31?/m0/s1. The molecule has 0 radical (unpaired) electrons. The molecule has 208 valence electrons. The number of likely N-dealkylation sites (tertiary alicyclic amines) is 1. The molecular formula is C34H39N3O3. The summed E-state index contributed by atoms with van der Waals surface area (Å²) in [5.74, 6) is -0.994. The van der Waals surface area contributed by atoms with Crippen LogP contribution in [0, 0.1) is 0 Å². The molecule has 0 bridgehead atoms. The molecule has 0 aromatic heterocycles. The second-order valence-corrected chi connectivity index (χ2v) is 10.3. The number of nitrogens with one attached hydrogen (secondary N) is 1. The summed E-state index contributed by atoms with van der Waals surface area (Å²) in [6.45, 7) is 5.36. The van der Waals surface area contributed by atoms with Gasteiger partial charge in [-0.05, 0) is 50.3 Å². The fourth-order valence-electron chi connectivity index (χ4n) is 5.24. The largest absolute Gasteiger partial charge is 0.480 e. The Bertz CT molecular complexity index is 1290. The number of nitrogens with zero attached hydrogens (tertiary/aromatic N) is 2. The summed E-state index contributed by atoms with van der Waals surface area (Å²) < 4.78 is 0. The molecule has 40 heavy (non-hydrogen) atoms. The van der Waals surface area contributed by atoms with E-state index in [1.54, 1.807) is 0 Å². The number of aliphatic imine (C=N–C) groups is 1. The molecule has 1 aliphatic rings. The van der Waals surface area contributed by atoms with Crippen molar-refractivity contribution >= 4 is 23.3 Å². The van der Waals surface area contributed by atoms with E-state index in [4.69, 9.17) is 4.99 Å². The Labute approximate surface area is 237 Å². The molecule has 0 aliphatic carbocycles. The van der Waals surface area contributed by atoms with E-state index >= 15 is 0 Å². The van der Waals surface area contributed by atoms with Crippen LogP contribution in [0.25, 0.3) is 0 Å². The predicted molar refractivity (Wildman–Crippen MR) is 162 cm³/mol. The summed E-state index contributed by atoms with van der Waals surface area (Å²) in [5, 5.41) is 13.2. The van der Waals surface area contributed by atoms with E-state index in [1.807, 2.05) is 78.9 Å². The average Bonchev–Trinajstić information content (AvgIpc) is 3.44. The van der Waals surface area contributed by atoms with Crippen LogP contribution in [0.3, 0.4) is 0 Å². The minimum absolute atomic E-state index is 0.0507. The maximum absolute atomic E-state index is 13.6. The quantitative estimate of drug-likeness (QED) is 0.136. The van der Waals surface area contributed by atoms with Crippen molar-refractivity contribution in [3.8, 4) is 0 Å². The zero-order valence-corrected chi connectivity index (χ0v) is 23.0. The fourth-order valence-corrected chi connectivity index (χ4v) is 5.24. The van der Waals surface area contributed by atoms with Gasteiger partial charge in [0.15, 0.2) is 0 Å². The van der Waals surface area contributed by atoms with Crippen molar-refractivity contribution in [2.45, 2.75) is 63.6 Å². The number of carbonyl (C=O) groups is 2. The Morgan fingerprint density at radius 2 is 1.68 bits per heavy atom. The number of hydrogen-bond donors (Lipinski definition) is 2. The van der Waals surface area contributed by atoms with Crippen LogP contribution in [0.4, 0.5) is 5.69 Å². The van der Waals surface area contributed by atoms with Crippen molar-refractivity contribution < 1.29 is 14.7 Å². The third kappa shape index (κ3) is 7.99. The number of carboxylic acids is 1. The summed E-state index contributed by atoms with van der Waals surface area (Å²) in [5.41, 5.74) is 3.92. The fraction of sp³-hybridized carbons (Fsp3) is 0.324. The molecule has 2 N–H and O–H groups in total. The topological polar surface area (TPSA) is 82.0 Å². The first-order chi connectivity index (χ1) is 19.6. The molecule has 0 spiro atoms. The van der Waals surface area contributed by atoms with Gasteiger partial charge in [-0.15, -0.1) is 6.58 Å². The van der Waals surface area contributed by atoms with Gasteiger partial charge in [-0.25, -0.2) is 4.79 Å². The number of para-hydroxylation sites is 1. The SMILES string of the molecule is C=CCCCCC[C@H](N=C(c1ccccc1)c1ccccc1NC(=O)C1CCCN1Cc1ccccc1)C(=O)O. The highest BCUT2D eigenvalue weighted by Crippen LogP contribution is 2.25. The monoisotopic (exact) mass is 537 g/mol. The van der Waals surface area contributed by atoms with E-state index in [-0.39, 0.29) is 11.9 Å². The van der Waals surface area contributed by atoms with Gasteiger partial charge in [0.25, 0.3) is 0 Å². The minimum atomic E-state index is -0.943. The number of anilines is 1. The first-order valence-electron chi connectivity index (χ1n) is 14.2. The van der Waals surface area contributed by atoms with E-state index in [0.29, 0.717) is 23.4 Å². The van der Waals surface area contributed by atoms with Gasteiger partial charge in [0.2, 0.25) is 5.91 Å². The smallest absolute Gasteiger partial charge is 0.328 e. The number of amides is 1. The maximum Gasteiger partial charge on any atom is 0.328 e. The molecule has 1 aliphatic heterocycles. The van der Waals surface area contributed by atoms with Gasteiger partial charge in [-0.3, -0.25) is 14.7 Å². The van der Waals surface area contributed by atoms with Gasteiger partial charge < -0.3 is 10.4 Å². The van der Waals surface area contributed by atoms with Gasteiger partial charge >= 0.3 is 5.97 Å². The van der Waals surface area contributed by atoms with Crippen LogP contribution in [-0.2, 0) is 16.1 Å². The number of hydrogen-bond acceptors (Lipinski definition) is 4. The number of unbranched alkanes of at least 4 members (excludes halogenated alkanes) is 3. The molecule has 2 atom stereocenters. The van der Waals surface area contributed by atoms with Crippen LogP contribution in [-0.4, -0.2) is 46.2 Å². The highest BCUT2D eigenvalue weighted by atomic mass is 16.4. The lowest BCUT2D eigenvalue weighted by Crippen LogP contribution is -2.39. The second-order valence-electron chi connectivity index (χ2n) is 10.3. The van der Waals surface area contributed by atoms with E-state index in [1.165, 1.54) is 5.56 Å². The first-order valence-corrected chi connectivity index (χ1v) is 14.2. The van der Waals surface area contributed by atoms with Crippen molar-refractivity contribution in [3.05, 3.63) is 114 Å². The van der Waals surface area contributed by atoms with Crippen molar-refractivity contribution in [1.82, 2.24) is 4.90 Å². The molecular weight excluding hydrogens is 498 g/mol. The lowest BCUT2D eigenvalue weighted by atomic mass is 9.99. The Kier molecular flexibility index (Phi) is 10.8. The molecule has 4 rings (SSSR count). The zero-order valence-electron chi connectivity index (χ0n) is 23.0. The van der Waals surface area contributed by atoms with Gasteiger partial charge in [0.05, 0.1) is 17.4 Å². The van der Waals surface area contributed by atoms with Crippen molar-refractivity contribution in [3.63, 3.8) is 0 Å². The van der Waals surface area contributed by atoms with Gasteiger partial charge in [0.1, 0.15) is 6.04 Å². The molecule has 1 unspecified atom stereocenters. The Morgan fingerprint density at radius 1 is 0.975 bits per heavy atom. The van der Waals surface area contributed by atoms with Crippen molar-refractivity contribution in [2.24, 2.45) is 4.99 Å². The van der Waals surface area contributed by atoms with E-state index in [0.717, 1.165) is 57.2 Å². The number of carbonyl (C=O) groups excluding carboxylic acids is 1. The number of allylic oxidation sites excluding steroid dienone is 1. The number of carboxylic acid groups (broad SMARTS) is 1. The Balaban J connectivity index is 1.59. The van der Waals surface area contributed by atoms with Crippen LogP contribution in [0.2, 0.25) is 0 Å². The van der Waals surface area contributed by atoms with Gasteiger partial charge in [0, 0.05) is 17.7 Å². The van der Waals surface area contributed by atoms with E-state index in [9.17, 15) is 14.7 Å². The average molecular weight is 538 g/mol. The molecule has 6 nitrogen and oxygen atoms in total. The first kappa shape index (κ1) is 29.0. The number of aliphatic carboxylic acids is 1. The summed E-state index contributed by atoms with van der Waals surface area (Å²) in [7, 11) is 0. The zero-order chi connectivity index (χ0) is 28.2. The summed E-state index contributed by atoms with van der Waals surface area (Å²) in [6, 6.07) is 26.3. The van der Waals surface area contributed by atoms with Crippen molar-refractivity contribution in [1.29, 1.82) is 0 Å². The maximum atomic E-state index is 13.6. The van der Waals surface area contributed by atoms with Gasteiger partial charge in [-0.2, -0.15) is 0 Å². The molecule has 1 heterocycles. The predicted octanol–water partition coefficient (Wildman–Crippen LogP) is 6.72. The van der Waals surface area contributed by atoms with Crippen LogP contribution < -0.4 is 5.32 Å². The second kappa shape index (κ2) is 14.9. The highest BCUT2D eigenvalue weighted by molar-refractivity contribution is 6.17.